The van der Waals surface area contributed by atoms with Crippen molar-refractivity contribution in [1.82, 2.24) is 0 Å². The monoisotopic (exact) mass is 317 g/mol. The van der Waals surface area contributed by atoms with E-state index in [1.807, 2.05) is 6.07 Å². The summed E-state index contributed by atoms with van der Waals surface area (Å²) < 4.78 is 9.83. The fourth-order valence-electron chi connectivity index (χ4n) is 2.32. The van der Waals surface area contributed by atoms with E-state index in [1.54, 1.807) is 0 Å². The fourth-order valence-corrected chi connectivity index (χ4v) is 2.32. The number of benzene rings is 2. The molecule has 1 atom stereocenters. The van der Waals surface area contributed by atoms with Gasteiger partial charge < -0.3 is 0 Å². The van der Waals surface area contributed by atoms with Gasteiger partial charge in [0.1, 0.15) is 0 Å². The van der Waals surface area contributed by atoms with E-state index in [2.05, 4.69) is 55.9 Å². The third-order valence-corrected chi connectivity index (χ3v) is 8.09. The van der Waals surface area contributed by atoms with Crippen molar-refractivity contribution in [3.05, 3.63) is 59.7 Å². The molecule has 0 radical (unpaired) electrons. The molecule has 4 heteroatoms. The van der Waals surface area contributed by atoms with E-state index in [4.69, 9.17) is 0 Å². The van der Waals surface area contributed by atoms with Crippen molar-refractivity contribution in [2.24, 2.45) is 0 Å². The van der Waals surface area contributed by atoms with Crippen molar-refractivity contribution in [2.45, 2.75) is 19.4 Å². The average molecular weight is 317 g/mol. The quantitative estimate of drug-likeness (QED) is 0.539. The standard InChI is InChI=1S/C14H11.CH6Si2.O.Ti/c1-10-11-6-2-4-8-13(11)14-9-5-3-7-12(10)14;1-3-2;;/h2-6,8-10H,1H3;1-2H3;;/q-1;;;. The maximum atomic E-state index is 9.83. The minimum atomic E-state index is -0.642. The Labute approximate surface area is 126 Å². The molecule has 3 rings (SSSR count). The first kappa shape index (κ1) is 14.8. The van der Waals surface area contributed by atoms with E-state index < -0.39 is 17.9 Å². The van der Waals surface area contributed by atoms with E-state index in [0.717, 1.165) is 0 Å². The van der Waals surface area contributed by atoms with E-state index in [1.165, 1.54) is 32.0 Å². The Hall–Kier alpha value is -0.612. The van der Waals surface area contributed by atoms with Gasteiger partial charge in [0.2, 0.25) is 0 Å². The molecule has 0 spiro atoms. The van der Waals surface area contributed by atoms with Crippen LogP contribution in [0.1, 0.15) is 24.0 Å². The zero-order valence-electron chi connectivity index (χ0n) is 11.5. The molecule has 0 amide bonds. The Bertz CT molecular complexity index is 599. The second-order valence-corrected chi connectivity index (χ2v) is 21.9. The van der Waals surface area contributed by atoms with E-state index in [9.17, 15) is 3.32 Å². The summed E-state index contributed by atoms with van der Waals surface area (Å²) in [6, 6.07) is 18.2. The first-order valence-electron chi connectivity index (χ1n) is 6.43. The summed E-state index contributed by atoms with van der Waals surface area (Å²) in [6.07, 6.45) is 0. The Balaban J connectivity index is 0.000000232. The molecular weight excluding hydrogens is 300 g/mol. The molecule has 0 heterocycles. The van der Waals surface area contributed by atoms with Crippen LogP contribution >= 0.6 is 0 Å². The third-order valence-electron chi connectivity index (χ3n) is 3.24. The van der Waals surface area contributed by atoms with Crippen LogP contribution in [0.15, 0.2) is 42.5 Å². The Morgan fingerprint density at radius 3 is 2.53 bits per heavy atom. The van der Waals surface area contributed by atoms with Gasteiger partial charge in [0.05, 0.1) is 0 Å². The first-order valence-corrected chi connectivity index (χ1v) is 14.9. The molecule has 0 saturated carbocycles. The molecule has 19 heavy (non-hydrogen) atoms. The van der Waals surface area contributed by atoms with Crippen LogP contribution in [-0.4, -0.2) is 15.5 Å². The van der Waals surface area contributed by atoms with Crippen LogP contribution < -0.4 is 0 Å². The number of hydrogen-bond acceptors (Lipinski definition) is 1. The van der Waals surface area contributed by atoms with Crippen molar-refractivity contribution in [3.8, 4) is 11.1 Å². The van der Waals surface area contributed by atoms with Crippen LogP contribution in [0.5, 0.6) is 0 Å². The van der Waals surface area contributed by atoms with Gasteiger partial charge >= 0.3 is 43.2 Å². The summed E-state index contributed by atoms with van der Waals surface area (Å²) in [4.78, 5) is 0. The molecule has 0 aliphatic heterocycles. The molecule has 0 fully saturated rings. The van der Waals surface area contributed by atoms with E-state index in [0.29, 0.717) is 5.92 Å². The van der Waals surface area contributed by atoms with Crippen LogP contribution in [0.25, 0.3) is 11.1 Å². The molecule has 2 aromatic carbocycles. The van der Waals surface area contributed by atoms with Gasteiger partial charge in [0.15, 0.2) is 0 Å². The second-order valence-electron chi connectivity index (χ2n) is 4.91. The predicted molar refractivity (Wildman–Crippen MR) is 80.5 cm³/mol. The maximum absolute atomic E-state index is 9.83. The zero-order chi connectivity index (χ0) is 13.8. The molecule has 0 saturated heterocycles. The molecule has 96 valence electrons. The van der Waals surface area contributed by atoms with Gasteiger partial charge in [-0.1, -0.05) is 36.8 Å². The van der Waals surface area contributed by atoms with Crippen molar-refractivity contribution < 1.29 is 21.2 Å². The predicted octanol–water partition coefficient (Wildman–Crippen LogP) is 2.52. The Kier molecular flexibility index (Phi) is 5.22. The first-order chi connectivity index (χ1) is 9.15. The molecule has 0 aromatic heterocycles. The molecule has 1 nitrogen and oxygen atoms in total. The minimum absolute atomic E-state index is 0.166. The number of hydrogen-bond donors (Lipinski definition) is 0. The summed E-state index contributed by atoms with van der Waals surface area (Å²) in [5, 5.41) is 0. The average Bonchev–Trinajstić information content (AvgIpc) is 2.74. The molecule has 1 unspecified atom stereocenters. The topological polar surface area (TPSA) is 17.1 Å². The van der Waals surface area contributed by atoms with Crippen molar-refractivity contribution >= 4 is 15.5 Å². The molecule has 0 N–H and O–H groups in total. The zero-order valence-corrected chi connectivity index (χ0v) is 16.1. The van der Waals surface area contributed by atoms with Crippen molar-refractivity contribution in [2.75, 3.05) is 0 Å². The van der Waals surface area contributed by atoms with Crippen LogP contribution in [0, 0.1) is 6.07 Å². The Morgan fingerprint density at radius 2 is 1.84 bits per heavy atom. The van der Waals surface area contributed by atoms with Gasteiger partial charge in [-0.3, -0.25) is 0 Å². The van der Waals surface area contributed by atoms with Gasteiger partial charge in [-0.15, -0.1) is 11.1 Å². The van der Waals surface area contributed by atoms with E-state index >= 15 is 0 Å². The van der Waals surface area contributed by atoms with Gasteiger partial charge in [0.25, 0.3) is 0 Å². The molecule has 0 bridgehead atoms. The second kappa shape index (κ2) is 6.71. The van der Waals surface area contributed by atoms with Crippen LogP contribution in [0.4, 0.5) is 0 Å². The molecule has 2 aromatic rings. The number of rotatable bonds is 0. The summed E-state index contributed by atoms with van der Waals surface area (Å²) >= 11 is -0.642. The van der Waals surface area contributed by atoms with Crippen LogP contribution in [0.3, 0.4) is 0 Å². The Morgan fingerprint density at radius 1 is 1.21 bits per heavy atom. The fraction of sp³-hybridized carbons (Fsp3) is 0.200. The molecular formula is C15H17OSi2Ti-. The van der Waals surface area contributed by atoms with E-state index in [-0.39, 0.29) is 5.70 Å². The normalized spacial score (nSPS) is 14.7. The van der Waals surface area contributed by atoms with Crippen LogP contribution in [-0.2, 0) is 21.2 Å². The van der Waals surface area contributed by atoms with Gasteiger partial charge in [-0.25, -0.2) is 0 Å². The van der Waals surface area contributed by atoms with Crippen molar-refractivity contribution in [1.29, 1.82) is 0 Å². The van der Waals surface area contributed by atoms with Crippen LogP contribution in [0.2, 0.25) is 6.55 Å². The SMILES string of the molecule is CC1c2[c-]cccc2-c2ccccc21.C[Si]([SiH3])=[Ti]=[O]. The van der Waals surface area contributed by atoms with Crippen molar-refractivity contribution in [3.63, 3.8) is 0 Å². The van der Waals surface area contributed by atoms with Gasteiger partial charge in [0, 0.05) is 0 Å². The summed E-state index contributed by atoms with van der Waals surface area (Å²) in [7, 11) is 1.21. The third kappa shape index (κ3) is 3.29. The molecule has 1 aliphatic rings. The summed E-state index contributed by atoms with van der Waals surface area (Å²) in [5.74, 6) is 0.502. The number of fused-ring (bicyclic) bond motifs is 3. The van der Waals surface area contributed by atoms with Gasteiger partial charge in [-0.05, 0) is 11.5 Å². The summed E-state index contributed by atoms with van der Waals surface area (Å²) in [6.45, 7) is 4.38. The van der Waals surface area contributed by atoms with Gasteiger partial charge in [-0.2, -0.15) is 24.3 Å². The molecule has 1 aliphatic carbocycles. The summed E-state index contributed by atoms with van der Waals surface area (Å²) in [5.41, 5.74) is 5.35.